The highest BCUT2D eigenvalue weighted by atomic mass is 16.5. The molecule has 4 rings (SSSR count). The molecule has 2 heterocycles. The Hall–Kier alpha value is -2.29. The Balaban J connectivity index is 0.000000136. The molecular weight excluding hydrogens is 228 g/mol. The van der Waals surface area contributed by atoms with Crippen LogP contribution in [-0.4, -0.2) is 10.9 Å². The predicted octanol–water partition coefficient (Wildman–Crippen LogP) is 3.17. The van der Waals surface area contributed by atoms with E-state index in [1.165, 1.54) is 24.6 Å². The SMILES string of the molecule is CC(=O)c1cccc(O)c1.c1cc2ccc1CO2. The van der Waals surface area contributed by atoms with Gasteiger partial charge in [-0.05, 0) is 36.8 Å². The van der Waals surface area contributed by atoms with Crippen molar-refractivity contribution in [3.63, 3.8) is 0 Å². The van der Waals surface area contributed by atoms with Crippen molar-refractivity contribution in [3.8, 4) is 11.5 Å². The predicted molar refractivity (Wildman–Crippen MR) is 68.9 cm³/mol. The number of fused-ring (bicyclic) bond motifs is 3. The van der Waals surface area contributed by atoms with E-state index in [0.717, 1.165) is 12.4 Å². The summed E-state index contributed by atoms with van der Waals surface area (Å²) >= 11 is 0. The number of aromatic hydroxyl groups is 1. The lowest BCUT2D eigenvalue weighted by atomic mass is 10.1. The van der Waals surface area contributed by atoms with Gasteiger partial charge in [-0.2, -0.15) is 0 Å². The molecule has 0 fully saturated rings. The van der Waals surface area contributed by atoms with E-state index in [1.807, 2.05) is 12.1 Å². The lowest BCUT2D eigenvalue weighted by molar-refractivity contribution is 0.101. The van der Waals surface area contributed by atoms with E-state index in [2.05, 4.69) is 12.1 Å². The molecule has 3 nitrogen and oxygen atoms in total. The number of ether oxygens (including phenoxy) is 1. The van der Waals surface area contributed by atoms with Crippen molar-refractivity contribution in [3.05, 3.63) is 59.7 Å². The topological polar surface area (TPSA) is 46.5 Å². The number of benzene rings is 2. The minimum atomic E-state index is -0.0316. The molecule has 3 heteroatoms. The highest BCUT2D eigenvalue weighted by Crippen LogP contribution is 2.19. The van der Waals surface area contributed by atoms with E-state index in [9.17, 15) is 4.79 Å². The Morgan fingerprint density at radius 1 is 1.17 bits per heavy atom. The first-order valence-electron chi connectivity index (χ1n) is 5.67. The molecule has 2 aliphatic heterocycles. The molecule has 0 saturated carbocycles. The van der Waals surface area contributed by atoms with Gasteiger partial charge in [0, 0.05) is 5.56 Å². The summed E-state index contributed by atoms with van der Waals surface area (Å²) in [6.07, 6.45) is 0. The monoisotopic (exact) mass is 242 g/mol. The molecule has 2 aromatic carbocycles. The molecule has 0 saturated heterocycles. The summed E-state index contributed by atoms with van der Waals surface area (Å²) in [5, 5.41) is 8.91. The number of phenols is 1. The average Bonchev–Trinajstić information content (AvgIpc) is 2.41. The van der Waals surface area contributed by atoms with Crippen LogP contribution < -0.4 is 4.74 Å². The van der Waals surface area contributed by atoms with Crippen LogP contribution in [0.25, 0.3) is 0 Å². The molecule has 2 aromatic rings. The number of hydrogen-bond acceptors (Lipinski definition) is 3. The summed E-state index contributed by atoms with van der Waals surface area (Å²) in [7, 11) is 0. The maximum atomic E-state index is 10.7. The summed E-state index contributed by atoms with van der Waals surface area (Å²) < 4.78 is 5.18. The summed E-state index contributed by atoms with van der Waals surface area (Å²) in [6.45, 7) is 2.23. The van der Waals surface area contributed by atoms with Crippen LogP contribution in [0.3, 0.4) is 0 Å². The minimum Gasteiger partial charge on any atom is -0.508 e. The third-order valence-electron chi connectivity index (χ3n) is 2.58. The van der Waals surface area contributed by atoms with Gasteiger partial charge in [0.15, 0.2) is 5.78 Å². The van der Waals surface area contributed by atoms with Gasteiger partial charge in [-0.3, -0.25) is 4.79 Å². The molecule has 18 heavy (non-hydrogen) atoms. The van der Waals surface area contributed by atoms with Crippen molar-refractivity contribution in [1.29, 1.82) is 0 Å². The number of carbonyl (C=O) groups excluding carboxylic acids is 1. The molecule has 2 bridgehead atoms. The minimum absolute atomic E-state index is 0.0316. The van der Waals surface area contributed by atoms with Gasteiger partial charge in [-0.1, -0.05) is 24.3 Å². The number of hydrogen-bond donors (Lipinski definition) is 1. The van der Waals surface area contributed by atoms with Gasteiger partial charge in [0.1, 0.15) is 18.1 Å². The van der Waals surface area contributed by atoms with Crippen LogP contribution in [0.2, 0.25) is 0 Å². The number of phenolic OH excluding ortho intramolecular Hbond substituents is 1. The highest BCUT2D eigenvalue weighted by Gasteiger charge is 2.01. The quantitative estimate of drug-likeness (QED) is 0.781. The molecular formula is C15H14O3. The second kappa shape index (κ2) is 5.36. The average molecular weight is 242 g/mol. The second-order valence-corrected chi connectivity index (χ2v) is 4.04. The first-order valence-corrected chi connectivity index (χ1v) is 5.67. The van der Waals surface area contributed by atoms with Gasteiger partial charge in [0.05, 0.1) is 0 Å². The van der Waals surface area contributed by atoms with E-state index < -0.39 is 0 Å². The molecule has 0 aliphatic carbocycles. The summed E-state index contributed by atoms with van der Waals surface area (Å²) in [5.74, 6) is 1.09. The van der Waals surface area contributed by atoms with E-state index in [4.69, 9.17) is 9.84 Å². The normalized spacial score (nSPS) is 11.2. The Bertz CT molecular complexity index is 521. The third kappa shape index (κ3) is 3.10. The van der Waals surface area contributed by atoms with Crippen LogP contribution in [0.5, 0.6) is 11.5 Å². The molecule has 1 N–H and O–H groups in total. The zero-order chi connectivity index (χ0) is 13.0. The lowest BCUT2D eigenvalue weighted by Crippen LogP contribution is -2.00. The summed E-state index contributed by atoms with van der Waals surface area (Å²) in [5.41, 5.74) is 1.81. The van der Waals surface area contributed by atoms with Crippen molar-refractivity contribution in [2.45, 2.75) is 13.5 Å². The number of carbonyl (C=O) groups is 1. The fraction of sp³-hybridized carbons (Fsp3) is 0.133. The fourth-order valence-electron chi connectivity index (χ4n) is 1.57. The van der Waals surface area contributed by atoms with Crippen LogP contribution in [0.1, 0.15) is 22.8 Å². The standard InChI is InChI=1S/C8H8O2.C7H6O/c1-6(9)7-3-2-4-8(10)5-7;1-3-7-4-2-6(1)5-8-7/h2-5,10H,1H3;1-4H,5H2. The van der Waals surface area contributed by atoms with Crippen molar-refractivity contribution >= 4 is 5.78 Å². The van der Waals surface area contributed by atoms with Crippen molar-refractivity contribution in [2.24, 2.45) is 0 Å². The molecule has 0 amide bonds. The van der Waals surface area contributed by atoms with Gasteiger partial charge in [-0.25, -0.2) is 0 Å². The first-order chi connectivity index (χ1) is 8.65. The molecule has 0 spiro atoms. The van der Waals surface area contributed by atoms with Gasteiger partial charge in [0.25, 0.3) is 0 Å². The smallest absolute Gasteiger partial charge is 0.159 e. The number of ketones is 1. The Kier molecular flexibility index (Phi) is 3.63. The van der Waals surface area contributed by atoms with Crippen molar-refractivity contribution < 1.29 is 14.6 Å². The molecule has 92 valence electrons. The second-order valence-electron chi connectivity index (χ2n) is 4.04. The fourth-order valence-corrected chi connectivity index (χ4v) is 1.57. The number of rotatable bonds is 1. The van der Waals surface area contributed by atoms with E-state index in [1.54, 1.807) is 12.1 Å². The Morgan fingerprint density at radius 2 is 1.89 bits per heavy atom. The molecule has 2 aliphatic rings. The lowest BCUT2D eigenvalue weighted by Gasteiger charge is -2.11. The molecule has 0 aromatic heterocycles. The number of Topliss-reactive ketones (excluding diaryl/α,β-unsaturated/α-hetero) is 1. The maximum Gasteiger partial charge on any atom is 0.159 e. The first kappa shape index (κ1) is 12.2. The van der Waals surface area contributed by atoms with Gasteiger partial charge in [0.2, 0.25) is 0 Å². The third-order valence-corrected chi connectivity index (χ3v) is 2.58. The van der Waals surface area contributed by atoms with E-state index >= 15 is 0 Å². The molecule has 0 radical (unpaired) electrons. The van der Waals surface area contributed by atoms with Gasteiger partial charge < -0.3 is 9.84 Å². The van der Waals surface area contributed by atoms with Crippen LogP contribution in [0.4, 0.5) is 0 Å². The van der Waals surface area contributed by atoms with Crippen LogP contribution in [-0.2, 0) is 6.61 Å². The Morgan fingerprint density at radius 3 is 2.17 bits per heavy atom. The van der Waals surface area contributed by atoms with Crippen LogP contribution in [0.15, 0.2) is 48.5 Å². The zero-order valence-electron chi connectivity index (χ0n) is 10.1. The largest absolute Gasteiger partial charge is 0.508 e. The summed E-state index contributed by atoms with van der Waals surface area (Å²) in [6, 6.07) is 14.4. The van der Waals surface area contributed by atoms with Crippen molar-refractivity contribution in [1.82, 2.24) is 0 Å². The van der Waals surface area contributed by atoms with Crippen LogP contribution >= 0.6 is 0 Å². The van der Waals surface area contributed by atoms with Gasteiger partial charge in [-0.15, -0.1) is 0 Å². The van der Waals surface area contributed by atoms with Gasteiger partial charge >= 0.3 is 0 Å². The maximum absolute atomic E-state index is 10.7. The van der Waals surface area contributed by atoms with Crippen LogP contribution in [0, 0.1) is 0 Å². The van der Waals surface area contributed by atoms with E-state index in [0.29, 0.717) is 5.56 Å². The zero-order valence-corrected chi connectivity index (χ0v) is 10.1. The molecule has 0 atom stereocenters. The van der Waals surface area contributed by atoms with E-state index in [-0.39, 0.29) is 11.5 Å². The highest BCUT2D eigenvalue weighted by molar-refractivity contribution is 5.94. The summed E-state index contributed by atoms with van der Waals surface area (Å²) in [4.78, 5) is 10.7. The Labute approximate surface area is 106 Å². The molecule has 0 unspecified atom stereocenters. The van der Waals surface area contributed by atoms with Crippen molar-refractivity contribution in [2.75, 3.05) is 0 Å².